The Labute approximate surface area is 207 Å². The zero-order chi connectivity index (χ0) is 26.5. The normalized spacial score (nSPS) is 28.7. The lowest BCUT2D eigenvalue weighted by atomic mass is 9.84. The summed E-state index contributed by atoms with van der Waals surface area (Å²) < 4.78 is 0. The first-order valence-corrected chi connectivity index (χ1v) is 12.6. The quantitative estimate of drug-likeness (QED) is 0.381. The average Bonchev–Trinajstić information content (AvgIpc) is 3.10. The SMILES string of the molecule is CC(C)C(=O)N[C@H](C(=O)N1C[C@H]2[C@@H]([C@H]1C(=O)N[C@@H](C[C@@H]1CCNC1=O)C(N)=O)C2(C)C)C(C)(C)C. The summed E-state index contributed by atoms with van der Waals surface area (Å²) in [5.74, 6) is -2.43. The molecule has 2 aliphatic heterocycles. The Balaban J connectivity index is 1.82. The number of nitrogens with two attached hydrogens (primary N) is 1. The van der Waals surface area contributed by atoms with Crippen LogP contribution in [0.4, 0.5) is 0 Å². The van der Waals surface area contributed by atoms with Crippen LogP contribution < -0.4 is 21.7 Å². The molecule has 5 amide bonds. The molecule has 0 aromatic heterocycles. The molecular formula is C25H41N5O5. The van der Waals surface area contributed by atoms with Gasteiger partial charge in [-0.15, -0.1) is 0 Å². The van der Waals surface area contributed by atoms with Crippen LogP contribution in [0.2, 0.25) is 0 Å². The third-order valence-electron chi connectivity index (χ3n) is 8.03. The maximum absolute atomic E-state index is 13.8. The number of nitrogens with zero attached hydrogens (tertiary/aromatic N) is 1. The highest BCUT2D eigenvalue weighted by Gasteiger charge is 2.69. The number of amides is 5. The van der Waals surface area contributed by atoms with Gasteiger partial charge < -0.3 is 26.6 Å². The van der Waals surface area contributed by atoms with Crippen LogP contribution in [-0.4, -0.2) is 65.7 Å². The molecule has 10 heteroatoms. The largest absolute Gasteiger partial charge is 0.368 e. The maximum Gasteiger partial charge on any atom is 0.246 e. The summed E-state index contributed by atoms with van der Waals surface area (Å²) in [7, 11) is 0. The number of piperidine rings is 1. The van der Waals surface area contributed by atoms with Crippen molar-refractivity contribution in [3.05, 3.63) is 0 Å². The zero-order valence-electron chi connectivity index (χ0n) is 21.9. The highest BCUT2D eigenvalue weighted by molar-refractivity contribution is 5.96. The number of likely N-dealkylation sites (tertiary alicyclic amines) is 1. The number of carbonyl (C=O) groups excluding carboxylic acids is 5. The summed E-state index contributed by atoms with van der Waals surface area (Å²) in [5.41, 5.74) is 4.88. The second-order valence-corrected chi connectivity index (χ2v) is 12.3. The van der Waals surface area contributed by atoms with Crippen LogP contribution in [0.1, 0.15) is 61.3 Å². The van der Waals surface area contributed by atoms with E-state index in [1.807, 2.05) is 20.8 Å². The van der Waals surface area contributed by atoms with E-state index < -0.39 is 41.3 Å². The Morgan fingerprint density at radius 2 is 1.80 bits per heavy atom. The number of nitrogens with one attached hydrogen (secondary N) is 3. The van der Waals surface area contributed by atoms with Gasteiger partial charge in [-0.3, -0.25) is 24.0 Å². The summed E-state index contributed by atoms with van der Waals surface area (Å²) in [6.07, 6.45) is 0.702. The van der Waals surface area contributed by atoms with Crippen molar-refractivity contribution in [2.24, 2.45) is 40.2 Å². The number of carbonyl (C=O) groups is 5. The first-order chi connectivity index (χ1) is 16.1. The van der Waals surface area contributed by atoms with E-state index in [-0.39, 0.29) is 47.3 Å². The van der Waals surface area contributed by atoms with Crippen molar-refractivity contribution in [2.45, 2.75) is 79.4 Å². The minimum Gasteiger partial charge on any atom is -0.368 e. The number of hydrogen-bond acceptors (Lipinski definition) is 5. The molecule has 2 saturated heterocycles. The maximum atomic E-state index is 13.8. The molecule has 5 N–H and O–H groups in total. The molecular weight excluding hydrogens is 450 g/mol. The Hall–Kier alpha value is -2.65. The van der Waals surface area contributed by atoms with E-state index in [2.05, 4.69) is 29.8 Å². The summed E-state index contributed by atoms with van der Waals surface area (Å²) in [5, 5.41) is 8.35. The minimum absolute atomic E-state index is 0.0591. The molecule has 1 aliphatic carbocycles. The van der Waals surface area contributed by atoms with Crippen molar-refractivity contribution < 1.29 is 24.0 Å². The molecule has 0 aromatic rings. The van der Waals surface area contributed by atoms with Crippen molar-refractivity contribution in [2.75, 3.05) is 13.1 Å². The van der Waals surface area contributed by atoms with E-state index >= 15 is 0 Å². The second-order valence-electron chi connectivity index (χ2n) is 12.3. The van der Waals surface area contributed by atoms with E-state index in [1.165, 1.54) is 0 Å². The fourth-order valence-corrected chi connectivity index (χ4v) is 5.59. The zero-order valence-corrected chi connectivity index (χ0v) is 21.9. The first-order valence-electron chi connectivity index (χ1n) is 12.6. The van der Waals surface area contributed by atoms with Crippen LogP contribution in [0.25, 0.3) is 0 Å². The van der Waals surface area contributed by atoms with Gasteiger partial charge in [0.1, 0.15) is 18.1 Å². The van der Waals surface area contributed by atoms with E-state index in [0.29, 0.717) is 19.5 Å². The monoisotopic (exact) mass is 491 g/mol. The van der Waals surface area contributed by atoms with Gasteiger partial charge in [0.15, 0.2) is 0 Å². The van der Waals surface area contributed by atoms with E-state index in [4.69, 9.17) is 5.73 Å². The van der Waals surface area contributed by atoms with Crippen LogP contribution in [0, 0.1) is 34.5 Å². The van der Waals surface area contributed by atoms with E-state index in [0.717, 1.165) is 0 Å². The lowest BCUT2D eigenvalue weighted by Gasteiger charge is -2.38. The van der Waals surface area contributed by atoms with Crippen molar-refractivity contribution in [3.63, 3.8) is 0 Å². The van der Waals surface area contributed by atoms with Gasteiger partial charge in [-0.25, -0.2) is 0 Å². The van der Waals surface area contributed by atoms with Gasteiger partial charge in [0.05, 0.1) is 0 Å². The molecule has 3 rings (SSSR count). The van der Waals surface area contributed by atoms with Crippen molar-refractivity contribution in [3.8, 4) is 0 Å². The molecule has 3 aliphatic rings. The molecule has 0 unspecified atom stereocenters. The van der Waals surface area contributed by atoms with E-state index in [9.17, 15) is 24.0 Å². The van der Waals surface area contributed by atoms with Gasteiger partial charge in [-0.05, 0) is 35.5 Å². The molecule has 0 bridgehead atoms. The van der Waals surface area contributed by atoms with Gasteiger partial charge in [0.2, 0.25) is 29.5 Å². The molecule has 0 aromatic carbocycles. The molecule has 1 saturated carbocycles. The molecule has 196 valence electrons. The molecule has 0 radical (unpaired) electrons. The molecule has 0 spiro atoms. The van der Waals surface area contributed by atoms with E-state index in [1.54, 1.807) is 18.7 Å². The minimum atomic E-state index is -1.01. The number of primary amides is 1. The topological polar surface area (TPSA) is 151 Å². The van der Waals surface area contributed by atoms with Crippen LogP contribution in [0.15, 0.2) is 0 Å². The predicted octanol–water partition coefficient (Wildman–Crippen LogP) is 0.153. The van der Waals surface area contributed by atoms with Crippen molar-refractivity contribution in [1.82, 2.24) is 20.9 Å². The number of hydrogen-bond donors (Lipinski definition) is 4. The standard InChI is InChI=1S/C25H41N5O5/c1-12(2)20(32)29-18(24(3,4)5)23(35)30-11-14-16(25(14,6)7)17(30)22(34)28-15(19(26)31)10-13-8-9-27-21(13)33/h12-18H,8-11H2,1-7H3,(H2,26,31)(H,27,33)(H,28,34)(H,29,32)/t13-,14-,15-,16-,17-,18+/m0/s1. The van der Waals surface area contributed by atoms with Crippen LogP contribution in [0.3, 0.4) is 0 Å². The molecule has 6 atom stereocenters. The van der Waals surface area contributed by atoms with Crippen molar-refractivity contribution in [1.29, 1.82) is 0 Å². The Kier molecular flexibility index (Phi) is 7.26. The number of fused-ring (bicyclic) bond motifs is 1. The van der Waals surface area contributed by atoms with Gasteiger partial charge in [-0.1, -0.05) is 48.5 Å². The first kappa shape index (κ1) is 26.9. The molecule has 2 heterocycles. The lowest BCUT2D eigenvalue weighted by Crippen LogP contribution is -2.60. The molecule has 3 fully saturated rings. The lowest BCUT2D eigenvalue weighted by molar-refractivity contribution is -0.146. The number of rotatable bonds is 8. The molecule has 35 heavy (non-hydrogen) atoms. The third-order valence-corrected chi connectivity index (χ3v) is 8.03. The Morgan fingerprint density at radius 3 is 2.29 bits per heavy atom. The summed E-state index contributed by atoms with van der Waals surface area (Å²) >= 11 is 0. The second kappa shape index (κ2) is 9.43. The Bertz CT molecular complexity index is 908. The smallest absolute Gasteiger partial charge is 0.246 e. The van der Waals surface area contributed by atoms with Gasteiger partial charge in [-0.2, -0.15) is 0 Å². The average molecular weight is 492 g/mol. The highest BCUT2D eigenvalue weighted by atomic mass is 16.2. The van der Waals surface area contributed by atoms with Crippen LogP contribution in [0.5, 0.6) is 0 Å². The summed E-state index contributed by atoms with van der Waals surface area (Å²) in [6, 6.07) is -2.58. The fourth-order valence-electron chi connectivity index (χ4n) is 5.59. The van der Waals surface area contributed by atoms with Gasteiger partial charge >= 0.3 is 0 Å². The summed E-state index contributed by atoms with van der Waals surface area (Å²) in [4.78, 5) is 65.5. The van der Waals surface area contributed by atoms with Crippen LogP contribution >= 0.6 is 0 Å². The van der Waals surface area contributed by atoms with Gasteiger partial charge in [0.25, 0.3) is 0 Å². The third kappa shape index (κ3) is 5.30. The Morgan fingerprint density at radius 1 is 1.17 bits per heavy atom. The summed E-state index contributed by atoms with van der Waals surface area (Å²) in [6.45, 7) is 14.2. The van der Waals surface area contributed by atoms with Crippen molar-refractivity contribution >= 4 is 29.5 Å². The van der Waals surface area contributed by atoms with Gasteiger partial charge in [0, 0.05) is 24.9 Å². The predicted molar refractivity (Wildman–Crippen MR) is 129 cm³/mol. The van der Waals surface area contributed by atoms with Crippen LogP contribution in [-0.2, 0) is 24.0 Å². The fraction of sp³-hybridized carbons (Fsp3) is 0.800. The molecule has 10 nitrogen and oxygen atoms in total. The highest BCUT2D eigenvalue weighted by Crippen LogP contribution is 2.65.